The summed E-state index contributed by atoms with van der Waals surface area (Å²) >= 11 is 0. The molecule has 0 aliphatic rings. The van der Waals surface area contributed by atoms with Crippen molar-refractivity contribution in [3.63, 3.8) is 0 Å². The highest BCUT2D eigenvalue weighted by Crippen LogP contribution is 2.19. The summed E-state index contributed by atoms with van der Waals surface area (Å²) in [4.78, 5) is 4.31. The predicted molar refractivity (Wildman–Crippen MR) is 72.6 cm³/mol. The van der Waals surface area contributed by atoms with E-state index in [9.17, 15) is 0 Å². The van der Waals surface area contributed by atoms with E-state index in [-0.39, 0.29) is 0 Å². The zero-order valence-corrected chi connectivity index (χ0v) is 10.4. The van der Waals surface area contributed by atoms with Gasteiger partial charge in [0.1, 0.15) is 0 Å². The Morgan fingerprint density at radius 1 is 1.06 bits per heavy atom. The number of anilines is 1. The van der Waals surface area contributed by atoms with Crippen LogP contribution < -0.4 is 5.73 Å². The molecule has 0 aliphatic carbocycles. The Labute approximate surface area is 103 Å². The van der Waals surface area contributed by atoms with E-state index in [0.717, 1.165) is 17.7 Å². The zero-order chi connectivity index (χ0) is 12.3. The standard InChI is InChI=1S/C15H18N2/c1-11(2)9-12-3-5-13(6-4-12)15-8-7-14(16)10-17-15/h3-8,10-11H,9,16H2,1-2H3. The van der Waals surface area contributed by atoms with Gasteiger partial charge in [0.2, 0.25) is 0 Å². The maximum absolute atomic E-state index is 5.62. The fraction of sp³-hybridized carbons (Fsp3) is 0.267. The molecule has 0 amide bonds. The van der Waals surface area contributed by atoms with Gasteiger partial charge in [0.15, 0.2) is 0 Å². The topological polar surface area (TPSA) is 38.9 Å². The Hall–Kier alpha value is -1.83. The second-order valence-corrected chi connectivity index (χ2v) is 4.77. The number of pyridine rings is 1. The summed E-state index contributed by atoms with van der Waals surface area (Å²) in [5.74, 6) is 0.690. The lowest BCUT2D eigenvalue weighted by Gasteiger charge is -2.06. The Bertz CT molecular complexity index is 469. The van der Waals surface area contributed by atoms with Crippen LogP contribution in [0.3, 0.4) is 0 Å². The molecule has 0 saturated heterocycles. The van der Waals surface area contributed by atoms with Gasteiger partial charge in [-0.15, -0.1) is 0 Å². The van der Waals surface area contributed by atoms with Gasteiger partial charge in [0.25, 0.3) is 0 Å². The molecule has 88 valence electrons. The fourth-order valence-corrected chi connectivity index (χ4v) is 1.86. The summed E-state index contributed by atoms with van der Waals surface area (Å²) in [6.45, 7) is 4.46. The van der Waals surface area contributed by atoms with E-state index in [2.05, 4.69) is 43.1 Å². The first-order valence-electron chi connectivity index (χ1n) is 5.96. The molecule has 17 heavy (non-hydrogen) atoms. The minimum absolute atomic E-state index is 0.690. The molecule has 0 radical (unpaired) electrons. The van der Waals surface area contributed by atoms with E-state index in [4.69, 9.17) is 5.73 Å². The molecule has 0 unspecified atom stereocenters. The van der Waals surface area contributed by atoms with Gasteiger partial charge in [0, 0.05) is 5.56 Å². The molecule has 0 spiro atoms. The zero-order valence-electron chi connectivity index (χ0n) is 10.4. The first kappa shape index (κ1) is 11.6. The third-order valence-electron chi connectivity index (χ3n) is 2.68. The van der Waals surface area contributed by atoms with Gasteiger partial charge in [-0.05, 0) is 30.0 Å². The summed E-state index contributed by atoms with van der Waals surface area (Å²) in [6, 6.07) is 12.4. The van der Waals surface area contributed by atoms with Gasteiger partial charge in [-0.1, -0.05) is 38.1 Å². The normalized spacial score (nSPS) is 10.8. The number of nitrogens with two attached hydrogens (primary N) is 1. The average Bonchev–Trinajstić information content (AvgIpc) is 2.30. The van der Waals surface area contributed by atoms with Crippen LogP contribution in [0.2, 0.25) is 0 Å². The molecule has 1 heterocycles. The Morgan fingerprint density at radius 2 is 1.76 bits per heavy atom. The summed E-state index contributed by atoms with van der Waals surface area (Å²) in [5, 5.41) is 0. The van der Waals surface area contributed by atoms with Crippen molar-refractivity contribution < 1.29 is 0 Å². The lowest BCUT2D eigenvalue weighted by Crippen LogP contribution is -1.94. The first-order valence-corrected chi connectivity index (χ1v) is 5.96. The average molecular weight is 226 g/mol. The first-order chi connectivity index (χ1) is 8.15. The van der Waals surface area contributed by atoms with Crippen molar-refractivity contribution in [3.8, 4) is 11.3 Å². The highest BCUT2D eigenvalue weighted by atomic mass is 14.7. The second-order valence-electron chi connectivity index (χ2n) is 4.77. The Morgan fingerprint density at radius 3 is 2.29 bits per heavy atom. The molecule has 2 rings (SSSR count). The van der Waals surface area contributed by atoms with Crippen molar-refractivity contribution in [2.45, 2.75) is 20.3 Å². The van der Waals surface area contributed by atoms with E-state index in [1.165, 1.54) is 5.56 Å². The van der Waals surface area contributed by atoms with Crippen LogP contribution in [-0.4, -0.2) is 4.98 Å². The fourth-order valence-electron chi connectivity index (χ4n) is 1.86. The third-order valence-corrected chi connectivity index (χ3v) is 2.68. The molecular weight excluding hydrogens is 208 g/mol. The maximum atomic E-state index is 5.62. The molecule has 2 N–H and O–H groups in total. The molecule has 0 saturated carbocycles. The highest BCUT2D eigenvalue weighted by molar-refractivity contribution is 5.60. The van der Waals surface area contributed by atoms with E-state index in [1.54, 1.807) is 6.20 Å². The van der Waals surface area contributed by atoms with Gasteiger partial charge in [0.05, 0.1) is 17.6 Å². The molecule has 2 nitrogen and oxygen atoms in total. The second kappa shape index (κ2) is 5.00. The molecule has 2 heteroatoms. The molecular formula is C15H18N2. The van der Waals surface area contributed by atoms with E-state index in [0.29, 0.717) is 11.6 Å². The van der Waals surface area contributed by atoms with Crippen LogP contribution in [0.25, 0.3) is 11.3 Å². The Balaban J connectivity index is 2.20. The summed E-state index contributed by atoms with van der Waals surface area (Å²) < 4.78 is 0. The molecule has 0 fully saturated rings. The minimum atomic E-state index is 0.690. The van der Waals surface area contributed by atoms with E-state index in [1.807, 2.05) is 12.1 Å². The van der Waals surface area contributed by atoms with Gasteiger partial charge in [-0.2, -0.15) is 0 Å². The predicted octanol–water partition coefficient (Wildman–Crippen LogP) is 3.53. The van der Waals surface area contributed by atoms with Gasteiger partial charge >= 0.3 is 0 Å². The van der Waals surface area contributed by atoms with Gasteiger partial charge < -0.3 is 5.73 Å². The van der Waals surface area contributed by atoms with Crippen LogP contribution in [0.1, 0.15) is 19.4 Å². The maximum Gasteiger partial charge on any atom is 0.0703 e. The summed E-state index contributed by atoms with van der Waals surface area (Å²) in [6.07, 6.45) is 2.81. The lowest BCUT2D eigenvalue weighted by atomic mass is 10.0. The van der Waals surface area contributed by atoms with Gasteiger partial charge in [-0.25, -0.2) is 0 Å². The van der Waals surface area contributed by atoms with Crippen LogP contribution in [-0.2, 0) is 6.42 Å². The quantitative estimate of drug-likeness (QED) is 0.869. The highest BCUT2D eigenvalue weighted by Gasteiger charge is 2.01. The summed E-state index contributed by atoms with van der Waals surface area (Å²) in [7, 11) is 0. The van der Waals surface area contributed by atoms with Gasteiger partial charge in [-0.3, -0.25) is 4.98 Å². The van der Waals surface area contributed by atoms with Crippen molar-refractivity contribution in [2.75, 3.05) is 5.73 Å². The monoisotopic (exact) mass is 226 g/mol. The summed E-state index contributed by atoms with van der Waals surface area (Å²) in [5.41, 5.74) is 9.80. The largest absolute Gasteiger partial charge is 0.397 e. The van der Waals surface area contributed by atoms with Crippen LogP contribution in [0.15, 0.2) is 42.6 Å². The van der Waals surface area contributed by atoms with Crippen molar-refractivity contribution in [3.05, 3.63) is 48.2 Å². The van der Waals surface area contributed by atoms with Crippen LogP contribution in [0.4, 0.5) is 5.69 Å². The molecule has 0 bridgehead atoms. The third kappa shape index (κ3) is 3.06. The van der Waals surface area contributed by atoms with Crippen LogP contribution >= 0.6 is 0 Å². The number of nitrogens with zero attached hydrogens (tertiary/aromatic N) is 1. The lowest BCUT2D eigenvalue weighted by molar-refractivity contribution is 0.647. The minimum Gasteiger partial charge on any atom is -0.397 e. The van der Waals surface area contributed by atoms with Crippen molar-refractivity contribution >= 4 is 5.69 Å². The number of aromatic nitrogens is 1. The molecule has 0 aliphatic heterocycles. The van der Waals surface area contributed by atoms with Crippen molar-refractivity contribution in [2.24, 2.45) is 5.92 Å². The van der Waals surface area contributed by atoms with Crippen LogP contribution in [0.5, 0.6) is 0 Å². The smallest absolute Gasteiger partial charge is 0.0703 e. The number of hydrogen-bond acceptors (Lipinski definition) is 2. The molecule has 1 aromatic heterocycles. The Kier molecular flexibility index (Phi) is 3.43. The van der Waals surface area contributed by atoms with E-state index < -0.39 is 0 Å². The molecule has 1 aromatic carbocycles. The SMILES string of the molecule is CC(C)Cc1ccc(-c2ccc(N)cn2)cc1. The van der Waals surface area contributed by atoms with E-state index >= 15 is 0 Å². The number of rotatable bonds is 3. The van der Waals surface area contributed by atoms with Crippen molar-refractivity contribution in [1.29, 1.82) is 0 Å². The van der Waals surface area contributed by atoms with Crippen LogP contribution in [0, 0.1) is 5.92 Å². The number of benzene rings is 1. The number of hydrogen-bond donors (Lipinski definition) is 1. The molecule has 0 atom stereocenters. The van der Waals surface area contributed by atoms with Crippen molar-refractivity contribution in [1.82, 2.24) is 4.98 Å². The number of nitrogen functional groups attached to an aromatic ring is 1. The molecule has 2 aromatic rings.